The Labute approximate surface area is 236 Å². The summed E-state index contributed by atoms with van der Waals surface area (Å²) in [5.74, 6) is 2.81. The van der Waals surface area contributed by atoms with Crippen molar-refractivity contribution in [3.8, 4) is 17.5 Å². The molecule has 4 fully saturated rings. The lowest BCUT2D eigenvalue weighted by Gasteiger charge is -2.45. The average Bonchev–Trinajstić information content (AvgIpc) is 3.71. The van der Waals surface area contributed by atoms with Gasteiger partial charge in [-0.1, -0.05) is 11.6 Å². The standard InChI is InChI=1S/C30H42N6O4/c1-20(22-8-6-14-35(22)2)39-25-17-24(36-15-13-31-18-29(36)12-16-38-19-29)32-28(33-25)26-21-7-5-11-30(27(21)34-40-26)10-4-3-9-23(30)37/h17,20,22,31H,3-16,18-19H2,1-2H3/t20-,22-,29?,30+/m0/s1. The van der Waals surface area contributed by atoms with Crippen molar-refractivity contribution in [1.82, 2.24) is 25.3 Å². The van der Waals surface area contributed by atoms with Crippen LogP contribution in [0.25, 0.3) is 11.6 Å². The monoisotopic (exact) mass is 550 g/mol. The maximum Gasteiger partial charge on any atom is 0.219 e. The highest BCUT2D eigenvalue weighted by atomic mass is 16.5. The molecule has 0 aromatic carbocycles. The molecule has 0 bridgehead atoms. The summed E-state index contributed by atoms with van der Waals surface area (Å²) in [6.45, 7) is 7.20. The normalized spacial score (nSPS) is 31.7. The Hall–Kier alpha value is -2.56. The number of aromatic nitrogens is 3. The molecule has 40 heavy (non-hydrogen) atoms. The second-order valence-corrected chi connectivity index (χ2v) is 12.7. The SMILES string of the molecule is C[C@H](Oc1cc(N2CCNCC23CCOC3)nc(-c2onc3c2CCC[C@@]32CCCCC2=O)n1)[C@@H]1CCCN1C. The van der Waals surface area contributed by atoms with Crippen LogP contribution in [0.5, 0.6) is 5.88 Å². The number of piperazine rings is 1. The number of nitrogens with one attached hydrogen (secondary N) is 1. The maximum atomic E-state index is 13.3. The van der Waals surface area contributed by atoms with Crippen molar-refractivity contribution in [1.29, 1.82) is 0 Å². The molecule has 2 aromatic heterocycles. The highest BCUT2D eigenvalue weighted by molar-refractivity contribution is 5.91. The fourth-order valence-electron chi connectivity index (χ4n) is 8.05. The van der Waals surface area contributed by atoms with E-state index in [1.54, 1.807) is 0 Å². The van der Waals surface area contributed by atoms with E-state index in [-0.39, 0.29) is 11.6 Å². The number of ether oxygens (including phenoxy) is 2. The van der Waals surface area contributed by atoms with Crippen molar-refractivity contribution in [2.24, 2.45) is 0 Å². The second kappa shape index (κ2) is 10.4. The maximum absolute atomic E-state index is 13.3. The summed E-state index contributed by atoms with van der Waals surface area (Å²) >= 11 is 0. The van der Waals surface area contributed by atoms with Gasteiger partial charge in [0.15, 0.2) is 0 Å². The number of carbonyl (C=O) groups excluding carboxylic acids is 1. The number of hydrogen-bond donors (Lipinski definition) is 1. The molecule has 4 atom stereocenters. The molecule has 2 aromatic rings. The molecule has 0 radical (unpaired) electrons. The topological polar surface area (TPSA) is 106 Å². The van der Waals surface area contributed by atoms with Gasteiger partial charge in [-0.05, 0) is 71.9 Å². The van der Waals surface area contributed by atoms with Crippen LogP contribution in [0.15, 0.2) is 10.6 Å². The van der Waals surface area contributed by atoms with Crippen LogP contribution in [0.3, 0.4) is 0 Å². The summed E-state index contributed by atoms with van der Waals surface area (Å²) in [7, 11) is 2.17. The summed E-state index contributed by atoms with van der Waals surface area (Å²) in [5.41, 5.74) is 1.19. The van der Waals surface area contributed by atoms with Crippen LogP contribution >= 0.6 is 0 Å². The molecule has 7 rings (SSSR count). The van der Waals surface area contributed by atoms with Gasteiger partial charge in [0.05, 0.1) is 17.6 Å². The van der Waals surface area contributed by atoms with Crippen molar-refractivity contribution >= 4 is 11.6 Å². The zero-order valence-corrected chi connectivity index (χ0v) is 23.9. The first kappa shape index (κ1) is 26.3. The van der Waals surface area contributed by atoms with Gasteiger partial charge in [-0.25, -0.2) is 4.98 Å². The first-order valence-corrected chi connectivity index (χ1v) is 15.3. The van der Waals surface area contributed by atoms with E-state index < -0.39 is 5.41 Å². The van der Waals surface area contributed by atoms with Gasteiger partial charge in [-0.15, -0.1) is 0 Å². The van der Waals surface area contributed by atoms with Gasteiger partial charge in [0.2, 0.25) is 17.5 Å². The van der Waals surface area contributed by atoms with Crippen molar-refractivity contribution in [3.63, 3.8) is 0 Å². The van der Waals surface area contributed by atoms with E-state index in [9.17, 15) is 4.79 Å². The van der Waals surface area contributed by atoms with Crippen LogP contribution < -0.4 is 15.0 Å². The van der Waals surface area contributed by atoms with E-state index in [2.05, 4.69) is 34.2 Å². The highest BCUT2D eigenvalue weighted by Gasteiger charge is 2.48. The van der Waals surface area contributed by atoms with Gasteiger partial charge < -0.3 is 24.2 Å². The van der Waals surface area contributed by atoms with Crippen LogP contribution in [-0.4, -0.2) is 89.9 Å². The average molecular weight is 551 g/mol. The molecule has 0 amide bonds. The summed E-state index contributed by atoms with van der Waals surface area (Å²) in [4.78, 5) is 28.1. The zero-order valence-electron chi connectivity index (χ0n) is 23.9. The first-order valence-electron chi connectivity index (χ1n) is 15.3. The lowest BCUT2D eigenvalue weighted by Crippen LogP contribution is -2.62. The Morgan fingerprint density at radius 2 is 2.02 bits per heavy atom. The van der Waals surface area contributed by atoms with Crippen LogP contribution in [0.1, 0.15) is 76.0 Å². The molecule has 2 spiro atoms. The Balaban J connectivity index is 1.30. The lowest BCUT2D eigenvalue weighted by atomic mass is 9.64. The quantitative estimate of drug-likeness (QED) is 0.596. The third-order valence-electron chi connectivity index (χ3n) is 10.3. The fourth-order valence-corrected chi connectivity index (χ4v) is 8.05. The molecule has 216 valence electrons. The van der Waals surface area contributed by atoms with Crippen LogP contribution in [-0.2, 0) is 21.4 Å². The fraction of sp³-hybridized carbons (Fsp3) is 0.733. The van der Waals surface area contributed by atoms with E-state index in [1.165, 1.54) is 6.42 Å². The minimum absolute atomic E-state index is 0.0123. The van der Waals surface area contributed by atoms with Crippen molar-refractivity contribution in [2.45, 2.75) is 94.2 Å². The minimum atomic E-state index is -0.504. The highest BCUT2D eigenvalue weighted by Crippen LogP contribution is 2.47. The number of Topliss-reactive ketones (excluding diaryl/α,β-unsaturated/α-hetero) is 1. The number of hydrogen-bond acceptors (Lipinski definition) is 10. The summed E-state index contributed by atoms with van der Waals surface area (Å²) in [6.07, 6.45) is 9.37. The molecule has 3 aliphatic heterocycles. The molecule has 10 nitrogen and oxygen atoms in total. The van der Waals surface area contributed by atoms with Crippen LogP contribution in [0.4, 0.5) is 5.82 Å². The largest absolute Gasteiger partial charge is 0.473 e. The molecule has 2 aliphatic carbocycles. The number of anilines is 1. The number of carbonyl (C=O) groups is 1. The summed E-state index contributed by atoms with van der Waals surface area (Å²) in [6, 6.07) is 2.35. The third-order valence-corrected chi connectivity index (χ3v) is 10.3. The molecule has 1 N–H and O–H groups in total. The lowest BCUT2D eigenvalue weighted by molar-refractivity contribution is -0.127. The van der Waals surface area contributed by atoms with Crippen molar-refractivity contribution in [3.05, 3.63) is 17.3 Å². The predicted octanol–water partition coefficient (Wildman–Crippen LogP) is 3.28. The smallest absolute Gasteiger partial charge is 0.219 e. The Kier molecular flexibility index (Phi) is 6.83. The van der Waals surface area contributed by atoms with Gasteiger partial charge in [-0.3, -0.25) is 9.69 Å². The van der Waals surface area contributed by atoms with Gasteiger partial charge >= 0.3 is 0 Å². The van der Waals surface area contributed by atoms with Gasteiger partial charge in [0.25, 0.3) is 0 Å². The second-order valence-electron chi connectivity index (χ2n) is 12.7. The first-order chi connectivity index (χ1) is 19.5. The van der Waals surface area contributed by atoms with Crippen molar-refractivity contribution < 1.29 is 18.8 Å². The molecule has 1 unspecified atom stereocenters. The van der Waals surface area contributed by atoms with E-state index in [0.717, 1.165) is 101 Å². The third kappa shape index (κ3) is 4.34. The Bertz CT molecular complexity index is 1260. The minimum Gasteiger partial charge on any atom is -0.473 e. The summed E-state index contributed by atoms with van der Waals surface area (Å²) < 4.78 is 18.5. The van der Waals surface area contributed by atoms with E-state index >= 15 is 0 Å². The zero-order chi connectivity index (χ0) is 27.3. The Morgan fingerprint density at radius 3 is 2.83 bits per heavy atom. The molecule has 10 heteroatoms. The number of likely N-dealkylation sites (tertiary alicyclic amines) is 1. The van der Waals surface area contributed by atoms with Crippen LogP contribution in [0, 0.1) is 0 Å². The number of nitrogens with zero attached hydrogens (tertiary/aromatic N) is 5. The van der Waals surface area contributed by atoms with Crippen molar-refractivity contribution in [2.75, 3.05) is 51.3 Å². The predicted molar refractivity (Wildman–Crippen MR) is 150 cm³/mol. The molecule has 3 saturated heterocycles. The number of ketones is 1. The molecule has 5 heterocycles. The van der Waals surface area contributed by atoms with E-state index in [0.29, 0.717) is 42.3 Å². The van der Waals surface area contributed by atoms with E-state index in [1.807, 2.05) is 6.07 Å². The Morgan fingerprint density at radius 1 is 1.12 bits per heavy atom. The van der Waals surface area contributed by atoms with Gasteiger partial charge in [0.1, 0.15) is 23.4 Å². The van der Waals surface area contributed by atoms with Gasteiger partial charge in [-0.2, -0.15) is 4.98 Å². The molecular formula is C30H42N6O4. The molecule has 1 saturated carbocycles. The number of likely N-dealkylation sites (N-methyl/N-ethyl adjacent to an activating group) is 1. The molecular weight excluding hydrogens is 508 g/mol. The number of fused-ring (bicyclic) bond motifs is 2. The van der Waals surface area contributed by atoms with Gasteiger partial charge in [0, 0.05) is 50.3 Å². The van der Waals surface area contributed by atoms with E-state index in [4.69, 9.17) is 24.0 Å². The van der Waals surface area contributed by atoms with Crippen LogP contribution in [0.2, 0.25) is 0 Å². The summed E-state index contributed by atoms with van der Waals surface area (Å²) in [5, 5.41) is 8.13. The number of rotatable bonds is 5. The molecule has 5 aliphatic rings.